The number of hydrogen-bond acceptors (Lipinski definition) is 2. The third kappa shape index (κ3) is 3.21. The minimum Gasteiger partial charge on any atom is -0.212 e. The zero-order valence-electron chi connectivity index (χ0n) is 8.55. The van der Waals surface area contributed by atoms with Crippen molar-refractivity contribution in [3.05, 3.63) is 0 Å². The predicted molar refractivity (Wildman–Crippen MR) is 62.2 cm³/mol. The van der Waals surface area contributed by atoms with Crippen LogP contribution < -0.4 is 4.72 Å². The number of halogens is 1. The third-order valence-corrected chi connectivity index (χ3v) is 5.35. The zero-order valence-corrected chi connectivity index (χ0v) is 11.0. The summed E-state index contributed by atoms with van der Waals surface area (Å²) in [7, 11) is -3.05. The van der Waals surface area contributed by atoms with E-state index in [9.17, 15) is 8.42 Å². The van der Waals surface area contributed by atoms with E-state index in [-0.39, 0.29) is 11.3 Å². The van der Waals surface area contributed by atoms with Crippen molar-refractivity contribution in [3.63, 3.8) is 0 Å². The first-order chi connectivity index (χ1) is 6.54. The molecule has 0 aliphatic heterocycles. The van der Waals surface area contributed by atoms with Crippen molar-refractivity contribution in [1.82, 2.24) is 4.72 Å². The SMILES string of the molecule is CCCCS(=O)(=O)NC1(CBr)CCC1. The fourth-order valence-electron chi connectivity index (χ4n) is 1.58. The van der Waals surface area contributed by atoms with Crippen molar-refractivity contribution in [2.45, 2.75) is 44.6 Å². The molecule has 14 heavy (non-hydrogen) atoms. The molecule has 1 aliphatic rings. The highest BCUT2D eigenvalue weighted by atomic mass is 79.9. The first-order valence-corrected chi connectivity index (χ1v) is 7.88. The van der Waals surface area contributed by atoms with Gasteiger partial charge in [-0.1, -0.05) is 29.3 Å². The van der Waals surface area contributed by atoms with Gasteiger partial charge >= 0.3 is 0 Å². The fraction of sp³-hybridized carbons (Fsp3) is 1.00. The monoisotopic (exact) mass is 283 g/mol. The molecule has 1 N–H and O–H groups in total. The van der Waals surface area contributed by atoms with Gasteiger partial charge in [0.2, 0.25) is 10.0 Å². The van der Waals surface area contributed by atoms with Crippen LogP contribution in [0.5, 0.6) is 0 Å². The molecule has 0 amide bonds. The predicted octanol–water partition coefficient (Wildman–Crippen LogP) is 2.02. The Labute approximate surface area is 94.8 Å². The molecule has 1 rings (SSSR count). The van der Waals surface area contributed by atoms with E-state index in [1.165, 1.54) is 0 Å². The Hall–Kier alpha value is 0.390. The molecule has 0 aromatic heterocycles. The number of sulfonamides is 1. The van der Waals surface area contributed by atoms with Crippen LogP contribution in [0, 0.1) is 0 Å². The summed E-state index contributed by atoms with van der Waals surface area (Å²) in [6.07, 6.45) is 4.71. The van der Waals surface area contributed by atoms with Gasteiger partial charge < -0.3 is 0 Å². The number of alkyl halides is 1. The van der Waals surface area contributed by atoms with Gasteiger partial charge in [-0.15, -0.1) is 0 Å². The van der Waals surface area contributed by atoms with Crippen LogP contribution in [0.25, 0.3) is 0 Å². The largest absolute Gasteiger partial charge is 0.212 e. The zero-order chi connectivity index (χ0) is 10.7. The van der Waals surface area contributed by atoms with Crippen molar-refractivity contribution < 1.29 is 8.42 Å². The van der Waals surface area contributed by atoms with Gasteiger partial charge in [-0.25, -0.2) is 13.1 Å². The lowest BCUT2D eigenvalue weighted by Gasteiger charge is -2.40. The summed E-state index contributed by atoms with van der Waals surface area (Å²) in [6, 6.07) is 0. The minimum atomic E-state index is -3.05. The Bertz CT molecular complexity index is 267. The van der Waals surface area contributed by atoms with E-state index in [2.05, 4.69) is 20.7 Å². The highest BCUT2D eigenvalue weighted by molar-refractivity contribution is 9.09. The lowest BCUT2D eigenvalue weighted by Crippen LogP contribution is -2.55. The molecule has 5 heteroatoms. The highest BCUT2D eigenvalue weighted by Crippen LogP contribution is 2.34. The number of hydrogen-bond donors (Lipinski definition) is 1. The standard InChI is InChI=1S/C9H18BrNO2S/c1-2-3-7-14(12,13)11-9(8-10)5-4-6-9/h11H,2-8H2,1H3. The fourth-order valence-corrected chi connectivity index (χ4v) is 4.18. The van der Waals surface area contributed by atoms with Crippen molar-refractivity contribution >= 4 is 26.0 Å². The lowest BCUT2D eigenvalue weighted by molar-refractivity contribution is 0.256. The van der Waals surface area contributed by atoms with Gasteiger partial charge in [-0.2, -0.15) is 0 Å². The van der Waals surface area contributed by atoms with Crippen LogP contribution in [-0.4, -0.2) is 25.0 Å². The molecule has 0 radical (unpaired) electrons. The Morgan fingerprint density at radius 3 is 2.43 bits per heavy atom. The van der Waals surface area contributed by atoms with E-state index in [1.54, 1.807) is 0 Å². The summed E-state index contributed by atoms with van der Waals surface area (Å²) in [5.74, 6) is 0.262. The maximum absolute atomic E-state index is 11.6. The molecule has 84 valence electrons. The van der Waals surface area contributed by atoms with Crippen molar-refractivity contribution in [1.29, 1.82) is 0 Å². The second kappa shape index (κ2) is 4.94. The molecule has 1 aliphatic carbocycles. The molecular formula is C9H18BrNO2S. The Kier molecular flexibility index (Phi) is 4.40. The van der Waals surface area contributed by atoms with Crippen LogP contribution in [0.15, 0.2) is 0 Å². The van der Waals surface area contributed by atoms with Crippen molar-refractivity contribution in [2.75, 3.05) is 11.1 Å². The van der Waals surface area contributed by atoms with E-state index in [1.807, 2.05) is 6.92 Å². The van der Waals surface area contributed by atoms with Gasteiger partial charge in [0.05, 0.1) is 5.75 Å². The van der Waals surface area contributed by atoms with E-state index in [4.69, 9.17) is 0 Å². The summed E-state index contributed by atoms with van der Waals surface area (Å²) >= 11 is 3.38. The number of unbranched alkanes of at least 4 members (excludes halogenated alkanes) is 1. The third-order valence-electron chi connectivity index (χ3n) is 2.71. The van der Waals surface area contributed by atoms with Gasteiger partial charge in [0.15, 0.2) is 0 Å². The van der Waals surface area contributed by atoms with Crippen LogP contribution in [0.2, 0.25) is 0 Å². The maximum atomic E-state index is 11.6. The second-order valence-electron chi connectivity index (χ2n) is 4.04. The van der Waals surface area contributed by atoms with Crippen LogP contribution in [0.1, 0.15) is 39.0 Å². The van der Waals surface area contributed by atoms with Gasteiger partial charge in [0.1, 0.15) is 0 Å². The highest BCUT2D eigenvalue weighted by Gasteiger charge is 2.38. The van der Waals surface area contributed by atoms with Gasteiger partial charge in [0, 0.05) is 10.9 Å². The molecule has 0 bridgehead atoms. The summed E-state index contributed by atoms with van der Waals surface area (Å²) in [5, 5.41) is 0.728. The molecule has 1 saturated carbocycles. The average molecular weight is 284 g/mol. The van der Waals surface area contributed by atoms with Crippen LogP contribution in [0.4, 0.5) is 0 Å². The smallest absolute Gasteiger partial charge is 0.212 e. The normalized spacial score (nSPS) is 20.4. The molecule has 3 nitrogen and oxygen atoms in total. The summed E-state index contributed by atoms with van der Waals surface area (Å²) < 4.78 is 26.1. The number of rotatable bonds is 6. The van der Waals surface area contributed by atoms with Crippen LogP contribution in [0.3, 0.4) is 0 Å². The molecule has 0 spiro atoms. The lowest BCUT2D eigenvalue weighted by atomic mass is 9.80. The summed E-state index contributed by atoms with van der Waals surface area (Å²) in [6.45, 7) is 2.00. The van der Waals surface area contributed by atoms with Gasteiger partial charge in [0.25, 0.3) is 0 Å². The molecule has 0 aromatic carbocycles. The van der Waals surface area contributed by atoms with Crippen LogP contribution in [-0.2, 0) is 10.0 Å². The molecular weight excluding hydrogens is 266 g/mol. The van der Waals surface area contributed by atoms with E-state index < -0.39 is 10.0 Å². The minimum absolute atomic E-state index is 0.174. The van der Waals surface area contributed by atoms with Gasteiger partial charge in [-0.05, 0) is 25.7 Å². The molecule has 0 aromatic rings. The summed E-state index contributed by atoms with van der Waals surface area (Å²) in [5.41, 5.74) is -0.174. The quantitative estimate of drug-likeness (QED) is 0.758. The topological polar surface area (TPSA) is 46.2 Å². The van der Waals surface area contributed by atoms with Crippen molar-refractivity contribution in [2.24, 2.45) is 0 Å². The van der Waals surface area contributed by atoms with E-state index in [0.717, 1.165) is 37.4 Å². The second-order valence-corrected chi connectivity index (χ2v) is 6.44. The Balaban J connectivity index is 2.49. The first-order valence-electron chi connectivity index (χ1n) is 5.11. The van der Waals surface area contributed by atoms with Gasteiger partial charge in [-0.3, -0.25) is 0 Å². The van der Waals surface area contributed by atoms with E-state index >= 15 is 0 Å². The summed E-state index contributed by atoms with van der Waals surface area (Å²) in [4.78, 5) is 0. The molecule has 0 unspecified atom stereocenters. The number of nitrogens with one attached hydrogen (secondary N) is 1. The Morgan fingerprint density at radius 1 is 1.43 bits per heavy atom. The maximum Gasteiger partial charge on any atom is 0.212 e. The molecule has 0 saturated heterocycles. The molecule has 0 heterocycles. The van der Waals surface area contributed by atoms with Crippen LogP contribution >= 0.6 is 15.9 Å². The molecule has 0 atom stereocenters. The van der Waals surface area contributed by atoms with Crippen molar-refractivity contribution in [3.8, 4) is 0 Å². The average Bonchev–Trinajstić information content (AvgIpc) is 2.08. The molecule has 1 fully saturated rings. The first kappa shape index (κ1) is 12.5. The van der Waals surface area contributed by atoms with E-state index in [0.29, 0.717) is 0 Å². The Morgan fingerprint density at radius 2 is 2.07 bits per heavy atom.